The summed E-state index contributed by atoms with van der Waals surface area (Å²) in [6.07, 6.45) is 3.20. The second-order valence-electron chi connectivity index (χ2n) is 5.98. The molecule has 1 atom stereocenters. The maximum Gasteiger partial charge on any atom is 0.139 e. The molecule has 3 rings (SSSR count). The van der Waals surface area contributed by atoms with Crippen molar-refractivity contribution < 1.29 is 9.53 Å². The normalized spacial score (nSPS) is 17.6. The number of rotatable bonds is 4. The van der Waals surface area contributed by atoms with Crippen molar-refractivity contribution in [2.45, 2.75) is 25.7 Å². The molecule has 1 unspecified atom stereocenters. The molecule has 0 fully saturated rings. The Morgan fingerprint density at radius 2 is 1.74 bits per heavy atom. The molecule has 0 amide bonds. The molecule has 1 aliphatic rings. The van der Waals surface area contributed by atoms with Gasteiger partial charge in [-0.05, 0) is 36.8 Å². The molecule has 1 N–H and O–H groups in total. The average Bonchev–Trinajstić information content (AvgIpc) is 2.56. The summed E-state index contributed by atoms with van der Waals surface area (Å²) < 4.78 is 5.19. The van der Waals surface area contributed by atoms with E-state index in [2.05, 4.69) is 30.4 Å². The third-order valence-corrected chi connectivity index (χ3v) is 4.14. The highest BCUT2D eigenvalue weighted by Crippen LogP contribution is 2.30. The molecule has 2 aromatic carbocycles. The maximum absolute atomic E-state index is 12.1. The van der Waals surface area contributed by atoms with Gasteiger partial charge in [-0.1, -0.05) is 35.9 Å². The summed E-state index contributed by atoms with van der Waals surface area (Å²) in [5.74, 6) is 1.22. The lowest BCUT2D eigenvalue weighted by atomic mass is 9.87. The highest BCUT2D eigenvalue weighted by atomic mass is 16.5. The molecular weight excluding hydrogens is 286 g/mol. The molecule has 23 heavy (non-hydrogen) atoms. The van der Waals surface area contributed by atoms with Gasteiger partial charge in [0.1, 0.15) is 11.5 Å². The predicted octanol–water partition coefficient (Wildman–Crippen LogP) is 4.45. The second kappa shape index (κ2) is 6.69. The van der Waals surface area contributed by atoms with E-state index in [1.54, 1.807) is 7.11 Å². The van der Waals surface area contributed by atoms with Gasteiger partial charge in [-0.2, -0.15) is 0 Å². The van der Waals surface area contributed by atoms with Gasteiger partial charge in [-0.15, -0.1) is 0 Å². The van der Waals surface area contributed by atoms with E-state index in [0.717, 1.165) is 22.7 Å². The number of hydrogen-bond donors (Lipinski definition) is 1. The fourth-order valence-corrected chi connectivity index (χ4v) is 2.86. The van der Waals surface area contributed by atoms with Crippen molar-refractivity contribution in [1.29, 1.82) is 0 Å². The third kappa shape index (κ3) is 3.81. The van der Waals surface area contributed by atoms with Crippen molar-refractivity contribution in [3.63, 3.8) is 0 Å². The van der Waals surface area contributed by atoms with Gasteiger partial charge >= 0.3 is 0 Å². The smallest absolute Gasteiger partial charge is 0.139 e. The summed E-state index contributed by atoms with van der Waals surface area (Å²) in [7, 11) is 1.66. The van der Waals surface area contributed by atoms with Gasteiger partial charge < -0.3 is 10.1 Å². The predicted molar refractivity (Wildman–Crippen MR) is 92.9 cm³/mol. The number of ether oxygens (including phenoxy) is 1. The lowest BCUT2D eigenvalue weighted by Crippen LogP contribution is -2.16. The number of nitrogens with one attached hydrogen (secondary N) is 1. The number of Topliss-reactive ketones (excluding diaryl/α,β-unsaturated/α-hetero) is 1. The van der Waals surface area contributed by atoms with Crippen LogP contribution in [0.3, 0.4) is 0 Å². The molecule has 3 heteroatoms. The molecule has 0 saturated carbocycles. The summed E-state index contributed by atoms with van der Waals surface area (Å²) in [5, 5.41) is 3.38. The number of ketones is 1. The van der Waals surface area contributed by atoms with Crippen molar-refractivity contribution in [2.75, 3.05) is 12.4 Å². The zero-order valence-corrected chi connectivity index (χ0v) is 13.5. The van der Waals surface area contributed by atoms with Crippen molar-refractivity contribution in [3.8, 4) is 5.75 Å². The van der Waals surface area contributed by atoms with Crippen LogP contribution in [0.2, 0.25) is 0 Å². The van der Waals surface area contributed by atoms with Crippen LogP contribution in [0.15, 0.2) is 60.3 Å². The number of methoxy groups -OCH3 is 1. The number of allylic oxidation sites excluding steroid dienone is 2. The van der Waals surface area contributed by atoms with Crippen LogP contribution in [0.4, 0.5) is 5.69 Å². The summed E-state index contributed by atoms with van der Waals surface area (Å²) in [6, 6.07) is 16.1. The lowest BCUT2D eigenvalue weighted by Gasteiger charge is -2.22. The number of carbonyl (C=O) groups is 1. The Balaban J connectivity index is 1.80. The Kier molecular flexibility index (Phi) is 4.47. The van der Waals surface area contributed by atoms with E-state index >= 15 is 0 Å². The van der Waals surface area contributed by atoms with E-state index in [1.165, 1.54) is 5.56 Å². The molecule has 0 saturated heterocycles. The molecule has 0 radical (unpaired) electrons. The second-order valence-corrected chi connectivity index (χ2v) is 5.98. The molecule has 0 spiro atoms. The standard InChI is InChI=1S/C20H21NO2/c1-14-3-7-17(8-4-14)21-18-11-16(12-19(22)13-18)15-5-9-20(23-2)10-6-15/h3-11,16,21H,12-13H2,1-2H3. The molecule has 0 aliphatic heterocycles. The Hall–Kier alpha value is -2.55. The maximum atomic E-state index is 12.1. The van der Waals surface area contributed by atoms with Crippen LogP contribution in [0.25, 0.3) is 0 Å². The number of anilines is 1. The molecule has 118 valence electrons. The van der Waals surface area contributed by atoms with Gasteiger partial charge in [0.25, 0.3) is 0 Å². The van der Waals surface area contributed by atoms with Crippen molar-refractivity contribution in [2.24, 2.45) is 0 Å². The highest BCUT2D eigenvalue weighted by Gasteiger charge is 2.21. The van der Waals surface area contributed by atoms with E-state index in [0.29, 0.717) is 12.8 Å². The van der Waals surface area contributed by atoms with Crippen LogP contribution in [0.1, 0.15) is 29.9 Å². The van der Waals surface area contributed by atoms with Gasteiger partial charge in [-0.25, -0.2) is 0 Å². The van der Waals surface area contributed by atoms with E-state index in [1.807, 2.05) is 36.4 Å². The van der Waals surface area contributed by atoms with Gasteiger partial charge in [0.2, 0.25) is 0 Å². The topological polar surface area (TPSA) is 38.3 Å². The number of carbonyl (C=O) groups excluding carboxylic acids is 1. The molecular formula is C20H21NO2. The summed E-state index contributed by atoms with van der Waals surface area (Å²) >= 11 is 0. The minimum atomic E-state index is 0.120. The lowest BCUT2D eigenvalue weighted by molar-refractivity contribution is -0.118. The summed E-state index contributed by atoms with van der Waals surface area (Å²) in [6.45, 7) is 2.06. The molecule has 2 aromatic rings. The van der Waals surface area contributed by atoms with E-state index in [4.69, 9.17) is 4.74 Å². The fourth-order valence-electron chi connectivity index (χ4n) is 2.86. The van der Waals surface area contributed by atoms with E-state index in [9.17, 15) is 4.79 Å². The number of aryl methyl sites for hydroxylation is 1. The van der Waals surface area contributed by atoms with Gasteiger partial charge in [0, 0.05) is 30.1 Å². The van der Waals surface area contributed by atoms with Crippen LogP contribution in [-0.4, -0.2) is 12.9 Å². The van der Waals surface area contributed by atoms with Gasteiger partial charge in [-0.3, -0.25) is 4.79 Å². The van der Waals surface area contributed by atoms with Crippen molar-refractivity contribution in [3.05, 3.63) is 71.4 Å². The van der Waals surface area contributed by atoms with Crippen LogP contribution < -0.4 is 10.1 Å². The minimum absolute atomic E-state index is 0.120. The van der Waals surface area contributed by atoms with Crippen LogP contribution in [0.5, 0.6) is 5.75 Å². The first kappa shape index (κ1) is 15.3. The summed E-state index contributed by atoms with van der Waals surface area (Å²) in [4.78, 5) is 12.1. The minimum Gasteiger partial charge on any atom is -0.497 e. The zero-order valence-electron chi connectivity index (χ0n) is 13.5. The Labute approximate surface area is 137 Å². The average molecular weight is 307 g/mol. The quantitative estimate of drug-likeness (QED) is 0.907. The summed E-state index contributed by atoms with van der Waals surface area (Å²) in [5.41, 5.74) is 4.36. The van der Waals surface area contributed by atoms with Crippen LogP contribution >= 0.6 is 0 Å². The molecule has 0 bridgehead atoms. The highest BCUT2D eigenvalue weighted by molar-refractivity contribution is 5.84. The molecule has 3 nitrogen and oxygen atoms in total. The van der Waals surface area contributed by atoms with Crippen LogP contribution in [-0.2, 0) is 4.79 Å². The van der Waals surface area contributed by atoms with E-state index < -0.39 is 0 Å². The van der Waals surface area contributed by atoms with E-state index in [-0.39, 0.29) is 11.7 Å². The Morgan fingerprint density at radius 3 is 2.39 bits per heavy atom. The fraction of sp³-hybridized carbons (Fsp3) is 0.250. The van der Waals surface area contributed by atoms with Gasteiger partial charge in [0.15, 0.2) is 0 Å². The molecule has 1 aliphatic carbocycles. The SMILES string of the molecule is COc1ccc(C2C=C(Nc3ccc(C)cc3)CC(=O)C2)cc1. The van der Waals surface area contributed by atoms with Gasteiger partial charge in [0.05, 0.1) is 7.11 Å². The Morgan fingerprint density at radius 1 is 1.04 bits per heavy atom. The van der Waals surface area contributed by atoms with Crippen LogP contribution in [0, 0.1) is 6.92 Å². The molecule has 0 aromatic heterocycles. The molecule has 0 heterocycles. The monoisotopic (exact) mass is 307 g/mol. The third-order valence-electron chi connectivity index (χ3n) is 4.14. The van der Waals surface area contributed by atoms with Crippen molar-refractivity contribution in [1.82, 2.24) is 0 Å². The first-order chi connectivity index (χ1) is 11.1. The zero-order chi connectivity index (χ0) is 16.2. The first-order valence-electron chi connectivity index (χ1n) is 7.84. The Bertz CT molecular complexity index is 714. The number of benzene rings is 2. The van der Waals surface area contributed by atoms with Crippen molar-refractivity contribution >= 4 is 11.5 Å². The number of hydrogen-bond acceptors (Lipinski definition) is 3. The first-order valence-corrected chi connectivity index (χ1v) is 7.84. The largest absolute Gasteiger partial charge is 0.497 e.